The molecule has 0 saturated carbocycles. The molecule has 0 aliphatic heterocycles. The Bertz CT molecular complexity index is 1090. The van der Waals surface area contributed by atoms with E-state index >= 15 is 0 Å². The summed E-state index contributed by atoms with van der Waals surface area (Å²) in [7, 11) is -4.35. The maximum Gasteiger partial charge on any atom is 0.472 e. The Morgan fingerprint density at radius 3 is 1.62 bits per heavy atom. The van der Waals surface area contributed by atoms with Crippen LogP contribution in [-0.2, 0) is 18.4 Å². The number of nitrogens with two attached hydrogens (primary N) is 1. The van der Waals surface area contributed by atoms with Crippen molar-refractivity contribution in [2.24, 2.45) is 5.73 Å². The van der Waals surface area contributed by atoms with Gasteiger partial charge in [0.15, 0.2) is 0 Å². The van der Waals surface area contributed by atoms with Crippen LogP contribution in [0, 0.1) is 0 Å². The van der Waals surface area contributed by atoms with Crippen molar-refractivity contribution >= 4 is 13.7 Å². The van der Waals surface area contributed by atoms with Crippen LogP contribution in [0.2, 0.25) is 0 Å². The molecule has 0 aromatic rings. The maximum absolute atomic E-state index is 12.8. The number of amides is 1. The van der Waals surface area contributed by atoms with Gasteiger partial charge in [0, 0.05) is 13.0 Å². The molecule has 0 heterocycles. The van der Waals surface area contributed by atoms with Gasteiger partial charge >= 0.3 is 7.82 Å². The largest absolute Gasteiger partial charge is 0.472 e. The third kappa shape index (κ3) is 40.0. The number of carbonyl (C=O) groups is 1. The summed E-state index contributed by atoms with van der Waals surface area (Å²) in [6, 6.07) is -0.885. The molecule has 8 nitrogen and oxygen atoms in total. The van der Waals surface area contributed by atoms with Gasteiger partial charge in [-0.25, -0.2) is 4.57 Å². The Morgan fingerprint density at radius 1 is 0.618 bits per heavy atom. The Morgan fingerprint density at radius 2 is 1.07 bits per heavy atom. The van der Waals surface area contributed by atoms with Crippen molar-refractivity contribution in [3.8, 4) is 0 Å². The van der Waals surface area contributed by atoms with Crippen LogP contribution in [0.5, 0.6) is 0 Å². The van der Waals surface area contributed by atoms with E-state index in [1.165, 1.54) is 83.5 Å². The van der Waals surface area contributed by atoms with Crippen molar-refractivity contribution in [2.45, 2.75) is 193 Å². The van der Waals surface area contributed by atoms with Crippen LogP contribution in [-0.4, -0.2) is 47.8 Å². The van der Waals surface area contributed by atoms with Gasteiger partial charge in [-0.15, -0.1) is 0 Å². The van der Waals surface area contributed by atoms with Gasteiger partial charge in [-0.1, -0.05) is 177 Å². The van der Waals surface area contributed by atoms with Gasteiger partial charge in [-0.3, -0.25) is 13.8 Å². The molecule has 1 amide bonds. The van der Waals surface area contributed by atoms with E-state index in [0.29, 0.717) is 6.42 Å². The lowest BCUT2D eigenvalue weighted by Gasteiger charge is -2.23. The number of carbonyl (C=O) groups excluding carboxylic acids is 1. The van der Waals surface area contributed by atoms with Crippen LogP contribution in [0.25, 0.3) is 0 Å². The number of unbranched alkanes of at least 4 members (excludes halogenated alkanes) is 18. The minimum atomic E-state index is -4.35. The molecule has 0 aromatic carbocycles. The molecule has 0 aliphatic carbocycles. The minimum absolute atomic E-state index is 0.0692. The summed E-state index contributed by atoms with van der Waals surface area (Å²) in [4.78, 5) is 22.7. The van der Waals surface area contributed by atoms with E-state index in [2.05, 4.69) is 79.9 Å². The maximum atomic E-state index is 12.8. The van der Waals surface area contributed by atoms with E-state index in [9.17, 15) is 19.4 Å². The molecule has 9 heteroatoms. The van der Waals surface area contributed by atoms with E-state index in [4.69, 9.17) is 14.8 Å². The predicted octanol–water partition coefficient (Wildman–Crippen LogP) is 12.4. The molecule has 318 valence electrons. The smallest absolute Gasteiger partial charge is 0.387 e. The molecule has 3 atom stereocenters. The molecular weight excluding hydrogens is 707 g/mol. The summed E-state index contributed by atoms with van der Waals surface area (Å²) in [5, 5.41) is 13.6. The molecule has 0 fully saturated rings. The number of nitrogens with one attached hydrogen (secondary N) is 1. The van der Waals surface area contributed by atoms with Crippen molar-refractivity contribution in [3.05, 3.63) is 72.9 Å². The average Bonchev–Trinajstić information content (AvgIpc) is 3.17. The molecule has 3 unspecified atom stereocenters. The SMILES string of the molecule is CC/C=C\C/C=C\C/C=C\C/C=C\CCCCCCCCCCC(=O)NC(COP(=O)(O)OCCN)C(O)/C=C/CC/C=C/CCCCCCCCCCC. The molecular formula is C46H83N2O6P. The second-order valence-corrected chi connectivity index (χ2v) is 16.0. The van der Waals surface area contributed by atoms with Crippen LogP contribution in [0.4, 0.5) is 0 Å². The molecule has 0 rings (SSSR count). The normalized spacial score (nSPS) is 14.8. The zero-order valence-corrected chi connectivity index (χ0v) is 36.0. The number of hydrogen-bond acceptors (Lipinski definition) is 6. The minimum Gasteiger partial charge on any atom is -0.387 e. The number of hydrogen-bond donors (Lipinski definition) is 4. The number of aliphatic hydroxyl groups is 1. The Hall–Kier alpha value is -2.06. The lowest BCUT2D eigenvalue weighted by Crippen LogP contribution is -2.45. The summed E-state index contributed by atoms with van der Waals surface area (Å²) in [5.74, 6) is -0.216. The third-order valence-corrected chi connectivity index (χ3v) is 10.3. The number of aliphatic hydroxyl groups excluding tert-OH is 1. The molecule has 55 heavy (non-hydrogen) atoms. The quantitative estimate of drug-likeness (QED) is 0.0276. The van der Waals surface area contributed by atoms with Crippen molar-refractivity contribution < 1.29 is 28.4 Å². The number of rotatable bonds is 40. The highest BCUT2D eigenvalue weighted by atomic mass is 31.2. The zero-order valence-electron chi connectivity index (χ0n) is 35.1. The molecule has 0 aliphatic rings. The fourth-order valence-corrected chi connectivity index (χ4v) is 6.72. The average molecular weight is 791 g/mol. The van der Waals surface area contributed by atoms with Gasteiger partial charge in [0.05, 0.1) is 25.4 Å². The van der Waals surface area contributed by atoms with Gasteiger partial charge in [0.25, 0.3) is 0 Å². The van der Waals surface area contributed by atoms with Crippen LogP contribution in [0.3, 0.4) is 0 Å². The van der Waals surface area contributed by atoms with E-state index in [-0.39, 0.29) is 25.7 Å². The van der Waals surface area contributed by atoms with Crippen LogP contribution in [0.15, 0.2) is 72.9 Å². The summed E-state index contributed by atoms with van der Waals surface area (Å²) in [6.45, 7) is 3.98. The first-order valence-corrected chi connectivity index (χ1v) is 23.6. The summed E-state index contributed by atoms with van der Waals surface area (Å²) in [6.07, 6.45) is 53.8. The number of phosphoric ester groups is 1. The second-order valence-electron chi connectivity index (χ2n) is 14.5. The summed E-state index contributed by atoms with van der Waals surface area (Å²) < 4.78 is 22.1. The molecule has 0 spiro atoms. The van der Waals surface area contributed by atoms with Crippen molar-refractivity contribution in [1.82, 2.24) is 5.32 Å². The molecule has 0 radical (unpaired) electrons. The first-order valence-electron chi connectivity index (χ1n) is 22.1. The van der Waals surface area contributed by atoms with Gasteiger partial charge in [-0.2, -0.15) is 0 Å². The second kappa shape index (κ2) is 41.6. The van der Waals surface area contributed by atoms with Crippen LogP contribution in [0.1, 0.15) is 181 Å². The van der Waals surface area contributed by atoms with E-state index in [1.54, 1.807) is 6.08 Å². The summed E-state index contributed by atoms with van der Waals surface area (Å²) >= 11 is 0. The Kier molecular flexibility index (Phi) is 40.0. The molecule has 5 N–H and O–H groups in total. The first-order chi connectivity index (χ1) is 26.9. The lowest BCUT2D eigenvalue weighted by molar-refractivity contribution is -0.123. The zero-order chi connectivity index (χ0) is 40.3. The fourth-order valence-electron chi connectivity index (χ4n) is 5.96. The summed E-state index contributed by atoms with van der Waals surface area (Å²) in [5.41, 5.74) is 5.37. The predicted molar refractivity (Wildman–Crippen MR) is 235 cm³/mol. The van der Waals surface area contributed by atoms with Crippen LogP contribution < -0.4 is 11.1 Å². The van der Waals surface area contributed by atoms with Gasteiger partial charge in [0.1, 0.15) is 0 Å². The highest BCUT2D eigenvalue weighted by molar-refractivity contribution is 7.47. The van der Waals surface area contributed by atoms with Crippen molar-refractivity contribution in [3.63, 3.8) is 0 Å². The number of phosphoric acid groups is 1. The molecule has 0 aromatic heterocycles. The Labute approximate surface area is 337 Å². The monoisotopic (exact) mass is 791 g/mol. The van der Waals surface area contributed by atoms with E-state index in [1.807, 2.05) is 6.08 Å². The third-order valence-electron chi connectivity index (χ3n) is 9.27. The standard InChI is InChI=1S/C46H83N2O6P/c1-3-5-7-9-11-13-15-17-19-20-21-22-23-24-26-28-30-32-34-36-38-40-46(50)48-44(43-54-55(51,52)53-42-41-47)45(49)39-37-35-33-31-29-27-25-18-16-14-12-10-8-6-4-2/h5,7,11,13,17,19,21-22,29,31,37,39,44-45,49H,3-4,6,8-10,12,14-16,18,20,23-28,30,32-36,38,40-43,47H2,1-2H3,(H,48,50)(H,51,52)/b7-5-,13-11-,19-17-,22-21-,31-29+,39-37+. The van der Waals surface area contributed by atoms with Gasteiger partial charge < -0.3 is 21.1 Å². The van der Waals surface area contributed by atoms with Crippen molar-refractivity contribution in [1.29, 1.82) is 0 Å². The topological polar surface area (TPSA) is 131 Å². The molecule has 0 bridgehead atoms. The highest BCUT2D eigenvalue weighted by Gasteiger charge is 2.26. The molecule has 0 saturated heterocycles. The van der Waals surface area contributed by atoms with Crippen LogP contribution >= 0.6 is 7.82 Å². The lowest BCUT2D eigenvalue weighted by atomic mass is 10.1. The van der Waals surface area contributed by atoms with Gasteiger partial charge in [0.2, 0.25) is 5.91 Å². The highest BCUT2D eigenvalue weighted by Crippen LogP contribution is 2.43. The van der Waals surface area contributed by atoms with E-state index < -0.39 is 20.0 Å². The first kappa shape index (κ1) is 52.9. The fraction of sp³-hybridized carbons (Fsp3) is 0.717. The number of allylic oxidation sites excluding steroid dienone is 11. The van der Waals surface area contributed by atoms with Crippen molar-refractivity contribution in [2.75, 3.05) is 19.8 Å². The Balaban J connectivity index is 4.26. The van der Waals surface area contributed by atoms with E-state index in [0.717, 1.165) is 77.0 Å². The van der Waals surface area contributed by atoms with Gasteiger partial charge in [-0.05, 0) is 70.6 Å².